The maximum atomic E-state index is 12.1. The number of sulfonamides is 1. The number of hydrogen-bond donors (Lipinski definition) is 3. The average Bonchev–Trinajstić information content (AvgIpc) is 2.45. The van der Waals surface area contributed by atoms with Crippen LogP contribution < -0.4 is 15.8 Å². The SMILES string of the molecule is Cc1ccc(NC(=O)Nc2nc(C)c(C)nc2C)cc1S(N)(=O)=O. The Morgan fingerprint density at radius 3 is 2.25 bits per heavy atom. The van der Waals surface area contributed by atoms with E-state index < -0.39 is 16.1 Å². The first-order chi connectivity index (χ1) is 11.1. The lowest BCUT2D eigenvalue weighted by Crippen LogP contribution is -2.22. The summed E-state index contributed by atoms with van der Waals surface area (Å²) in [5.41, 5.74) is 2.89. The second-order valence-corrected chi connectivity index (χ2v) is 6.96. The predicted octanol–water partition coefficient (Wildman–Crippen LogP) is 2.00. The molecule has 128 valence electrons. The third-order valence-corrected chi connectivity index (χ3v) is 4.52. The zero-order chi connectivity index (χ0) is 18.1. The quantitative estimate of drug-likeness (QED) is 0.781. The van der Waals surface area contributed by atoms with Gasteiger partial charge in [0, 0.05) is 5.69 Å². The molecule has 0 aliphatic heterocycles. The van der Waals surface area contributed by atoms with Crippen molar-refractivity contribution in [2.24, 2.45) is 5.14 Å². The fraction of sp³-hybridized carbons (Fsp3) is 0.267. The molecular weight excluding hydrogens is 330 g/mol. The predicted molar refractivity (Wildman–Crippen MR) is 91.4 cm³/mol. The van der Waals surface area contributed by atoms with Crippen molar-refractivity contribution in [2.75, 3.05) is 10.6 Å². The van der Waals surface area contributed by atoms with Crippen LogP contribution in [0.15, 0.2) is 23.1 Å². The minimum atomic E-state index is -3.86. The van der Waals surface area contributed by atoms with Gasteiger partial charge >= 0.3 is 6.03 Å². The number of carbonyl (C=O) groups excluding carboxylic acids is 1. The molecule has 2 aromatic rings. The Morgan fingerprint density at radius 2 is 1.62 bits per heavy atom. The van der Waals surface area contributed by atoms with Crippen LogP contribution in [0.4, 0.5) is 16.3 Å². The molecule has 0 saturated carbocycles. The molecule has 0 atom stereocenters. The normalized spacial score (nSPS) is 11.2. The Balaban J connectivity index is 2.21. The van der Waals surface area contributed by atoms with Crippen molar-refractivity contribution in [1.82, 2.24) is 9.97 Å². The number of urea groups is 1. The maximum Gasteiger partial charge on any atom is 0.324 e. The summed E-state index contributed by atoms with van der Waals surface area (Å²) in [5.74, 6) is 0.342. The van der Waals surface area contributed by atoms with Gasteiger partial charge in [-0.3, -0.25) is 10.3 Å². The van der Waals surface area contributed by atoms with Gasteiger partial charge in [-0.1, -0.05) is 6.07 Å². The first-order valence-electron chi connectivity index (χ1n) is 7.11. The molecule has 0 bridgehead atoms. The van der Waals surface area contributed by atoms with E-state index in [1.807, 2.05) is 6.92 Å². The summed E-state index contributed by atoms with van der Waals surface area (Å²) < 4.78 is 23.1. The Bertz CT molecular complexity index is 910. The largest absolute Gasteiger partial charge is 0.324 e. The minimum Gasteiger partial charge on any atom is -0.308 e. The Hall–Kier alpha value is -2.52. The van der Waals surface area contributed by atoms with Gasteiger partial charge in [0.2, 0.25) is 10.0 Å². The van der Waals surface area contributed by atoms with Gasteiger partial charge in [0.25, 0.3) is 0 Å². The molecule has 1 heterocycles. The van der Waals surface area contributed by atoms with Crippen molar-refractivity contribution in [3.05, 3.63) is 40.8 Å². The lowest BCUT2D eigenvalue weighted by molar-refractivity contribution is 0.262. The second-order valence-electron chi connectivity index (χ2n) is 5.43. The van der Waals surface area contributed by atoms with Crippen LogP contribution in [-0.4, -0.2) is 24.4 Å². The molecule has 1 aromatic heterocycles. The number of primary sulfonamides is 1. The van der Waals surface area contributed by atoms with Gasteiger partial charge in [0.05, 0.1) is 22.0 Å². The fourth-order valence-electron chi connectivity index (χ4n) is 2.09. The van der Waals surface area contributed by atoms with E-state index in [1.165, 1.54) is 6.07 Å². The molecule has 24 heavy (non-hydrogen) atoms. The van der Waals surface area contributed by atoms with Crippen molar-refractivity contribution < 1.29 is 13.2 Å². The molecule has 8 nitrogen and oxygen atoms in total. The summed E-state index contributed by atoms with van der Waals surface area (Å²) in [6.45, 7) is 6.99. The lowest BCUT2D eigenvalue weighted by atomic mass is 10.2. The van der Waals surface area contributed by atoms with Gasteiger partial charge < -0.3 is 5.32 Å². The van der Waals surface area contributed by atoms with E-state index in [0.29, 0.717) is 28.5 Å². The molecule has 2 rings (SSSR count). The number of anilines is 2. The van der Waals surface area contributed by atoms with E-state index in [2.05, 4.69) is 20.6 Å². The summed E-state index contributed by atoms with van der Waals surface area (Å²) in [6, 6.07) is 3.90. The highest BCUT2D eigenvalue weighted by atomic mass is 32.2. The number of aromatic nitrogens is 2. The molecule has 0 spiro atoms. The number of rotatable bonds is 3. The van der Waals surface area contributed by atoms with Crippen molar-refractivity contribution >= 4 is 27.6 Å². The molecule has 0 aliphatic carbocycles. The number of amides is 2. The van der Waals surface area contributed by atoms with Crippen LogP contribution in [0.2, 0.25) is 0 Å². The molecule has 0 saturated heterocycles. The maximum absolute atomic E-state index is 12.1. The smallest absolute Gasteiger partial charge is 0.308 e. The van der Waals surface area contributed by atoms with Crippen molar-refractivity contribution in [1.29, 1.82) is 0 Å². The molecule has 0 unspecified atom stereocenters. The number of aryl methyl sites for hydroxylation is 4. The Labute approximate surface area is 140 Å². The molecule has 0 radical (unpaired) electrons. The van der Waals surface area contributed by atoms with E-state index >= 15 is 0 Å². The molecule has 0 aliphatic rings. The van der Waals surface area contributed by atoms with E-state index in [4.69, 9.17) is 5.14 Å². The monoisotopic (exact) mass is 349 g/mol. The molecule has 1 aromatic carbocycles. The Morgan fingerprint density at radius 1 is 1.00 bits per heavy atom. The minimum absolute atomic E-state index is 0.0394. The third-order valence-electron chi connectivity index (χ3n) is 3.47. The van der Waals surface area contributed by atoms with Gasteiger partial charge in [0.15, 0.2) is 5.82 Å². The average molecular weight is 349 g/mol. The van der Waals surface area contributed by atoms with Crippen LogP contribution in [0.1, 0.15) is 22.6 Å². The van der Waals surface area contributed by atoms with Crippen LogP contribution >= 0.6 is 0 Å². The number of carbonyl (C=O) groups is 1. The summed E-state index contributed by atoms with van der Waals surface area (Å²) in [5, 5.41) is 10.3. The first-order valence-corrected chi connectivity index (χ1v) is 8.66. The highest BCUT2D eigenvalue weighted by Gasteiger charge is 2.14. The standard InChI is InChI=1S/C15H19N5O3S/c1-8-5-6-12(7-13(8)24(16,22)23)19-15(21)20-14-11(4)17-9(2)10(3)18-14/h5-7H,1-4H3,(H2,16,22,23)(H2,18,19,20,21). The van der Waals surface area contributed by atoms with E-state index in [9.17, 15) is 13.2 Å². The molecule has 2 amide bonds. The van der Waals surface area contributed by atoms with E-state index in [1.54, 1.807) is 32.9 Å². The van der Waals surface area contributed by atoms with Crippen LogP contribution in [0.5, 0.6) is 0 Å². The van der Waals surface area contributed by atoms with Crippen LogP contribution in [-0.2, 0) is 10.0 Å². The zero-order valence-corrected chi connectivity index (χ0v) is 14.7. The van der Waals surface area contributed by atoms with Crippen molar-refractivity contribution in [3.8, 4) is 0 Å². The number of benzene rings is 1. The molecule has 9 heteroatoms. The van der Waals surface area contributed by atoms with Gasteiger partial charge in [-0.05, 0) is 45.4 Å². The highest BCUT2D eigenvalue weighted by molar-refractivity contribution is 7.89. The van der Waals surface area contributed by atoms with Gasteiger partial charge in [0.1, 0.15) is 0 Å². The third kappa shape index (κ3) is 4.06. The second kappa shape index (κ2) is 6.54. The lowest BCUT2D eigenvalue weighted by Gasteiger charge is -2.12. The van der Waals surface area contributed by atoms with E-state index in [0.717, 1.165) is 5.69 Å². The van der Waals surface area contributed by atoms with Crippen LogP contribution in [0.25, 0.3) is 0 Å². The van der Waals surface area contributed by atoms with Gasteiger partial charge in [-0.2, -0.15) is 0 Å². The summed E-state index contributed by atoms with van der Waals surface area (Å²) in [7, 11) is -3.86. The first kappa shape index (κ1) is 17.8. The van der Waals surface area contributed by atoms with Crippen molar-refractivity contribution in [3.63, 3.8) is 0 Å². The van der Waals surface area contributed by atoms with Crippen LogP contribution in [0, 0.1) is 27.7 Å². The molecule has 4 N–H and O–H groups in total. The highest BCUT2D eigenvalue weighted by Crippen LogP contribution is 2.19. The van der Waals surface area contributed by atoms with Crippen LogP contribution in [0.3, 0.4) is 0 Å². The zero-order valence-electron chi connectivity index (χ0n) is 13.8. The van der Waals surface area contributed by atoms with Crippen molar-refractivity contribution in [2.45, 2.75) is 32.6 Å². The van der Waals surface area contributed by atoms with Gasteiger partial charge in [-0.25, -0.2) is 23.3 Å². The summed E-state index contributed by atoms with van der Waals surface area (Å²) >= 11 is 0. The van der Waals surface area contributed by atoms with Gasteiger partial charge in [-0.15, -0.1) is 0 Å². The topological polar surface area (TPSA) is 127 Å². The fourth-order valence-corrected chi connectivity index (χ4v) is 2.90. The number of hydrogen-bond acceptors (Lipinski definition) is 5. The summed E-state index contributed by atoms with van der Waals surface area (Å²) in [4.78, 5) is 20.6. The molecule has 0 fully saturated rings. The summed E-state index contributed by atoms with van der Waals surface area (Å²) in [6.07, 6.45) is 0. The number of nitrogens with two attached hydrogens (primary N) is 1. The van der Waals surface area contributed by atoms with E-state index in [-0.39, 0.29) is 4.90 Å². The molecular formula is C15H19N5O3S. The number of nitrogens with one attached hydrogen (secondary N) is 2. The number of nitrogens with zero attached hydrogens (tertiary/aromatic N) is 2. The Kier molecular flexibility index (Phi) is 4.86.